The Bertz CT molecular complexity index is 624. The fraction of sp³-hybridized carbons (Fsp3) is 0.650. The summed E-state index contributed by atoms with van der Waals surface area (Å²) in [5.74, 6) is 0.965. The minimum atomic E-state index is 0. The van der Waals surface area contributed by atoms with Gasteiger partial charge in [-0.1, -0.05) is 18.2 Å². The molecule has 1 aromatic carbocycles. The van der Waals surface area contributed by atoms with Crippen molar-refractivity contribution in [2.24, 2.45) is 4.99 Å². The lowest BCUT2D eigenvalue weighted by molar-refractivity contribution is -0.0946. The molecule has 5 nitrogen and oxygen atoms in total. The van der Waals surface area contributed by atoms with Crippen LogP contribution in [0.2, 0.25) is 0 Å². The molecule has 6 heteroatoms. The summed E-state index contributed by atoms with van der Waals surface area (Å²) in [6.45, 7) is 12.7. The lowest BCUT2D eigenvalue weighted by Crippen LogP contribution is -2.59. The fourth-order valence-electron chi connectivity index (χ4n) is 3.93. The van der Waals surface area contributed by atoms with E-state index in [1.165, 1.54) is 11.3 Å². The average Bonchev–Trinajstić information content (AvgIpc) is 2.99. The number of guanidine groups is 1. The van der Waals surface area contributed by atoms with Crippen LogP contribution in [-0.4, -0.2) is 61.8 Å². The molecular weight excluding hydrogens is 439 g/mol. The van der Waals surface area contributed by atoms with Crippen molar-refractivity contribution in [2.75, 3.05) is 38.1 Å². The highest BCUT2D eigenvalue weighted by molar-refractivity contribution is 14.0. The molecule has 0 bridgehead atoms. The van der Waals surface area contributed by atoms with E-state index in [1.807, 2.05) is 7.05 Å². The zero-order chi connectivity index (χ0) is 18.0. The SMILES string of the molecule is CN=C(NCC(C)(C)N1CC(C)OC(C)C1)N1CCc2ccccc21.I. The number of nitrogens with zero attached hydrogens (tertiary/aromatic N) is 3. The zero-order valence-corrected chi connectivity index (χ0v) is 19.0. The molecule has 3 rings (SSSR count). The first-order valence-corrected chi connectivity index (χ1v) is 9.37. The number of rotatable bonds is 3. The summed E-state index contributed by atoms with van der Waals surface area (Å²) in [5, 5.41) is 3.61. The van der Waals surface area contributed by atoms with Crippen molar-refractivity contribution in [3.05, 3.63) is 29.8 Å². The molecule has 1 fully saturated rings. The number of fused-ring (bicyclic) bond motifs is 1. The Kier molecular flexibility index (Phi) is 7.33. The minimum absolute atomic E-state index is 0. The van der Waals surface area contributed by atoms with Gasteiger partial charge in [0.2, 0.25) is 0 Å². The standard InChI is InChI=1S/C20H32N4O.HI/c1-15-12-23(13-16(2)25-15)20(3,4)14-22-19(21-5)24-11-10-17-8-6-7-9-18(17)24;/h6-9,15-16H,10-14H2,1-5H3,(H,21,22);1H. The van der Waals surface area contributed by atoms with Crippen molar-refractivity contribution in [1.29, 1.82) is 0 Å². The van der Waals surface area contributed by atoms with Crippen LogP contribution in [0.25, 0.3) is 0 Å². The first-order chi connectivity index (χ1) is 11.9. The van der Waals surface area contributed by atoms with E-state index in [-0.39, 0.29) is 41.7 Å². The first kappa shape index (κ1) is 21.4. The summed E-state index contributed by atoms with van der Waals surface area (Å²) in [6, 6.07) is 8.61. The number of morpholine rings is 1. The molecule has 1 aromatic rings. The van der Waals surface area contributed by atoms with E-state index in [4.69, 9.17) is 4.74 Å². The number of halogens is 1. The van der Waals surface area contributed by atoms with E-state index in [2.05, 4.69) is 72.1 Å². The molecule has 2 atom stereocenters. The van der Waals surface area contributed by atoms with Gasteiger partial charge in [0.25, 0.3) is 0 Å². The number of ether oxygens (including phenoxy) is 1. The third kappa shape index (κ3) is 4.70. The Labute approximate surface area is 175 Å². The summed E-state index contributed by atoms with van der Waals surface area (Å²) in [7, 11) is 1.87. The largest absolute Gasteiger partial charge is 0.373 e. The van der Waals surface area contributed by atoms with Gasteiger partial charge in [0.15, 0.2) is 5.96 Å². The van der Waals surface area contributed by atoms with E-state index >= 15 is 0 Å². The molecule has 1 N–H and O–H groups in total. The van der Waals surface area contributed by atoms with Crippen molar-refractivity contribution >= 4 is 35.6 Å². The van der Waals surface area contributed by atoms with Gasteiger partial charge >= 0.3 is 0 Å². The maximum Gasteiger partial charge on any atom is 0.198 e. The van der Waals surface area contributed by atoms with Gasteiger partial charge in [-0.05, 0) is 45.7 Å². The Hall–Kier alpha value is -0.860. The third-order valence-electron chi connectivity index (χ3n) is 5.31. The molecule has 0 radical (unpaired) electrons. The van der Waals surface area contributed by atoms with Gasteiger partial charge in [0.1, 0.15) is 0 Å². The van der Waals surface area contributed by atoms with Crippen LogP contribution in [0, 0.1) is 0 Å². The number of nitrogens with one attached hydrogen (secondary N) is 1. The molecule has 0 spiro atoms. The molecule has 146 valence electrons. The number of benzene rings is 1. The van der Waals surface area contributed by atoms with Gasteiger partial charge in [0, 0.05) is 44.5 Å². The highest BCUT2D eigenvalue weighted by Crippen LogP contribution is 2.27. The van der Waals surface area contributed by atoms with Crippen LogP contribution >= 0.6 is 24.0 Å². The number of para-hydroxylation sites is 1. The highest BCUT2D eigenvalue weighted by atomic mass is 127. The average molecular weight is 472 g/mol. The molecule has 1 saturated heterocycles. The van der Waals surface area contributed by atoms with Crippen LogP contribution in [-0.2, 0) is 11.2 Å². The van der Waals surface area contributed by atoms with Gasteiger partial charge in [-0.2, -0.15) is 0 Å². The normalized spacial score (nSPS) is 24.2. The lowest BCUT2D eigenvalue weighted by Gasteiger charge is -2.45. The fourth-order valence-corrected chi connectivity index (χ4v) is 3.93. The van der Waals surface area contributed by atoms with Crippen LogP contribution in [0.1, 0.15) is 33.3 Å². The minimum Gasteiger partial charge on any atom is -0.373 e. The Morgan fingerprint density at radius 2 is 1.88 bits per heavy atom. The second-order valence-electron chi connectivity index (χ2n) is 7.91. The van der Waals surface area contributed by atoms with E-state index in [1.54, 1.807) is 0 Å². The second-order valence-corrected chi connectivity index (χ2v) is 7.91. The van der Waals surface area contributed by atoms with Crippen molar-refractivity contribution in [3.63, 3.8) is 0 Å². The van der Waals surface area contributed by atoms with Gasteiger partial charge < -0.3 is 15.0 Å². The molecular formula is C20H33IN4O. The van der Waals surface area contributed by atoms with Gasteiger partial charge in [-0.3, -0.25) is 9.89 Å². The van der Waals surface area contributed by atoms with Gasteiger partial charge in [0.05, 0.1) is 12.2 Å². The van der Waals surface area contributed by atoms with Gasteiger partial charge in [-0.25, -0.2) is 0 Å². The van der Waals surface area contributed by atoms with E-state index in [9.17, 15) is 0 Å². The summed E-state index contributed by atoms with van der Waals surface area (Å²) in [5.41, 5.74) is 2.73. The van der Waals surface area contributed by atoms with Gasteiger partial charge in [-0.15, -0.1) is 24.0 Å². The Morgan fingerprint density at radius 1 is 1.23 bits per heavy atom. The molecule has 2 aliphatic heterocycles. The summed E-state index contributed by atoms with van der Waals surface area (Å²) >= 11 is 0. The molecule has 0 aromatic heterocycles. The second kappa shape index (κ2) is 8.89. The van der Waals surface area contributed by atoms with Crippen LogP contribution < -0.4 is 10.2 Å². The molecule has 0 aliphatic carbocycles. The predicted molar refractivity (Wildman–Crippen MR) is 120 cm³/mol. The summed E-state index contributed by atoms with van der Waals surface area (Å²) in [4.78, 5) is 9.37. The lowest BCUT2D eigenvalue weighted by atomic mass is 10.00. The molecule has 26 heavy (non-hydrogen) atoms. The number of hydrogen-bond acceptors (Lipinski definition) is 3. The zero-order valence-electron chi connectivity index (χ0n) is 16.7. The van der Waals surface area contributed by atoms with Crippen LogP contribution in [0.4, 0.5) is 5.69 Å². The smallest absolute Gasteiger partial charge is 0.198 e. The van der Waals surface area contributed by atoms with Crippen molar-refractivity contribution < 1.29 is 4.74 Å². The molecule has 2 aliphatic rings. The quantitative estimate of drug-likeness (QED) is 0.417. The number of hydrogen-bond donors (Lipinski definition) is 1. The van der Waals surface area contributed by atoms with E-state index in [0.29, 0.717) is 0 Å². The number of anilines is 1. The predicted octanol–water partition coefficient (Wildman–Crippen LogP) is 3.13. The maximum absolute atomic E-state index is 5.88. The van der Waals surface area contributed by atoms with Crippen molar-refractivity contribution in [3.8, 4) is 0 Å². The molecule has 0 amide bonds. The molecule has 0 saturated carbocycles. The third-order valence-corrected chi connectivity index (χ3v) is 5.31. The van der Waals surface area contributed by atoms with E-state index in [0.717, 1.165) is 38.6 Å². The Morgan fingerprint density at radius 3 is 2.54 bits per heavy atom. The van der Waals surface area contributed by atoms with Crippen LogP contribution in [0.3, 0.4) is 0 Å². The summed E-state index contributed by atoms with van der Waals surface area (Å²) in [6.07, 6.45) is 1.65. The molecule has 2 heterocycles. The number of aliphatic imine (C=N–C) groups is 1. The first-order valence-electron chi connectivity index (χ1n) is 9.37. The topological polar surface area (TPSA) is 40.1 Å². The van der Waals surface area contributed by atoms with Crippen molar-refractivity contribution in [1.82, 2.24) is 10.2 Å². The monoisotopic (exact) mass is 472 g/mol. The van der Waals surface area contributed by atoms with Crippen LogP contribution in [0.15, 0.2) is 29.3 Å². The summed E-state index contributed by atoms with van der Waals surface area (Å²) < 4.78 is 5.88. The highest BCUT2D eigenvalue weighted by Gasteiger charge is 2.34. The Balaban J connectivity index is 0.00000243. The molecule has 2 unspecified atom stereocenters. The van der Waals surface area contributed by atoms with Crippen molar-refractivity contribution in [2.45, 2.75) is 51.9 Å². The van der Waals surface area contributed by atoms with E-state index < -0.39 is 0 Å². The maximum atomic E-state index is 5.88. The van der Waals surface area contributed by atoms with Crippen LogP contribution in [0.5, 0.6) is 0 Å².